The molecule has 3 rings (SSSR count). The molecule has 1 saturated heterocycles. The summed E-state index contributed by atoms with van der Waals surface area (Å²) in [6.07, 6.45) is 4.25. The summed E-state index contributed by atoms with van der Waals surface area (Å²) in [5, 5.41) is 0. The first-order valence-electron chi connectivity index (χ1n) is 8.26. The van der Waals surface area contributed by atoms with Crippen molar-refractivity contribution in [1.82, 2.24) is 14.9 Å². The van der Waals surface area contributed by atoms with Crippen LogP contribution in [0, 0.1) is 5.92 Å². The molecular formula is C18H21N3O4. The lowest BCUT2D eigenvalue weighted by Crippen LogP contribution is -2.40. The topological polar surface area (TPSA) is 84.5 Å². The maximum absolute atomic E-state index is 12.4. The van der Waals surface area contributed by atoms with Gasteiger partial charge < -0.3 is 19.4 Å². The summed E-state index contributed by atoms with van der Waals surface area (Å²) in [6, 6.07) is 7.51. The third-order valence-corrected chi connectivity index (χ3v) is 4.34. The SMILES string of the molecule is COc1ccc(OCC2CCN(C(=O)c3c[nH]c(=O)cn3)CC2)cc1. The van der Waals surface area contributed by atoms with Crippen LogP contribution in [-0.2, 0) is 0 Å². The van der Waals surface area contributed by atoms with E-state index in [0.29, 0.717) is 25.6 Å². The highest BCUT2D eigenvalue weighted by Crippen LogP contribution is 2.22. The van der Waals surface area contributed by atoms with Gasteiger partial charge in [-0.05, 0) is 43.0 Å². The van der Waals surface area contributed by atoms with Gasteiger partial charge in [-0.1, -0.05) is 0 Å². The average Bonchev–Trinajstić information content (AvgIpc) is 2.67. The molecule has 1 aliphatic rings. The van der Waals surface area contributed by atoms with Crippen LogP contribution in [0.3, 0.4) is 0 Å². The van der Waals surface area contributed by atoms with Crippen molar-refractivity contribution in [3.05, 3.63) is 52.7 Å². The van der Waals surface area contributed by atoms with Gasteiger partial charge in [0, 0.05) is 19.3 Å². The molecule has 1 amide bonds. The van der Waals surface area contributed by atoms with Crippen molar-refractivity contribution in [3.8, 4) is 11.5 Å². The minimum atomic E-state index is -0.314. The summed E-state index contributed by atoms with van der Waals surface area (Å²) in [5.41, 5.74) is -0.0431. The molecule has 0 atom stereocenters. The molecular weight excluding hydrogens is 322 g/mol. The predicted molar refractivity (Wildman–Crippen MR) is 92.0 cm³/mol. The summed E-state index contributed by atoms with van der Waals surface area (Å²) < 4.78 is 11.0. The Labute approximate surface area is 145 Å². The molecule has 132 valence electrons. The predicted octanol–water partition coefficient (Wildman–Crippen LogP) is 1.71. The first-order chi connectivity index (χ1) is 12.2. The number of nitrogens with one attached hydrogen (secondary N) is 1. The van der Waals surface area contributed by atoms with E-state index in [1.54, 1.807) is 12.0 Å². The van der Waals surface area contributed by atoms with Crippen molar-refractivity contribution in [1.29, 1.82) is 0 Å². The fourth-order valence-electron chi connectivity index (χ4n) is 2.81. The number of hydrogen-bond acceptors (Lipinski definition) is 5. The standard InChI is InChI=1S/C18H21N3O4/c1-24-14-2-4-15(5-3-14)25-12-13-6-8-21(9-7-13)18(23)16-10-20-17(22)11-19-16/h2-5,10-11,13H,6-9,12H2,1H3,(H,20,22). The van der Waals surface area contributed by atoms with Gasteiger partial charge in [-0.15, -0.1) is 0 Å². The molecule has 0 spiro atoms. The Morgan fingerprint density at radius 2 is 1.92 bits per heavy atom. The maximum atomic E-state index is 12.4. The smallest absolute Gasteiger partial charge is 0.273 e. The van der Waals surface area contributed by atoms with Crippen molar-refractivity contribution < 1.29 is 14.3 Å². The Hall–Kier alpha value is -2.83. The van der Waals surface area contributed by atoms with Crippen LogP contribution in [0.2, 0.25) is 0 Å². The molecule has 1 aromatic heterocycles. The zero-order valence-electron chi connectivity index (χ0n) is 14.1. The highest BCUT2D eigenvalue weighted by atomic mass is 16.5. The first-order valence-corrected chi connectivity index (χ1v) is 8.26. The zero-order chi connectivity index (χ0) is 17.6. The third kappa shape index (κ3) is 4.37. The largest absolute Gasteiger partial charge is 0.497 e. The minimum Gasteiger partial charge on any atom is -0.497 e. The summed E-state index contributed by atoms with van der Waals surface area (Å²) in [5.74, 6) is 1.88. The second-order valence-corrected chi connectivity index (χ2v) is 6.02. The molecule has 25 heavy (non-hydrogen) atoms. The summed E-state index contributed by atoms with van der Waals surface area (Å²) in [7, 11) is 1.63. The van der Waals surface area contributed by atoms with E-state index in [1.807, 2.05) is 24.3 Å². The van der Waals surface area contributed by atoms with Crippen LogP contribution in [0.25, 0.3) is 0 Å². The van der Waals surface area contributed by atoms with Crippen LogP contribution in [0.1, 0.15) is 23.3 Å². The van der Waals surface area contributed by atoms with Crippen LogP contribution in [-0.4, -0.2) is 47.6 Å². The number of hydrogen-bond donors (Lipinski definition) is 1. The molecule has 2 aromatic rings. The molecule has 0 radical (unpaired) electrons. The van der Waals surface area contributed by atoms with Gasteiger partial charge in [0.1, 0.15) is 17.2 Å². The molecule has 1 N–H and O–H groups in total. The van der Waals surface area contributed by atoms with Gasteiger partial charge in [0.2, 0.25) is 0 Å². The molecule has 7 nitrogen and oxygen atoms in total. The zero-order valence-corrected chi connectivity index (χ0v) is 14.1. The van der Waals surface area contributed by atoms with Crippen molar-refractivity contribution in [2.45, 2.75) is 12.8 Å². The lowest BCUT2D eigenvalue weighted by atomic mass is 9.97. The Bertz CT molecular complexity index is 744. The van der Waals surface area contributed by atoms with E-state index in [9.17, 15) is 9.59 Å². The third-order valence-electron chi connectivity index (χ3n) is 4.34. The van der Waals surface area contributed by atoms with Crippen LogP contribution < -0.4 is 15.0 Å². The van der Waals surface area contributed by atoms with Gasteiger partial charge in [0.25, 0.3) is 11.5 Å². The normalized spacial score (nSPS) is 15.0. The average molecular weight is 343 g/mol. The molecule has 1 fully saturated rings. The second-order valence-electron chi connectivity index (χ2n) is 6.02. The Morgan fingerprint density at radius 1 is 1.24 bits per heavy atom. The molecule has 7 heteroatoms. The van der Waals surface area contributed by atoms with Gasteiger partial charge in [-0.3, -0.25) is 9.59 Å². The number of aromatic amines is 1. The van der Waals surface area contributed by atoms with Crippen LogP contribution in [0.5, 0.6) is 11.5 Å². The molecule has 0 unspecified atom stereocenters. The number of carbonyl (C=O) groups excluding carboxylic acids is 1. The summed E-state index contributed by atoms with van der Waals surface area (Å²) in [6.45, 7) is 1.96. The number of piperidine rings is 1. The number of amides is 1. The number of carbonyl (C=O) groups is 1. The van der Waals surface area contributed by atoms with Crippen LogP contribution >= 0.6 is 0 Å². The summed E-state index contributed by atoms with van der Waals surface area (Å²) in [4.78, 5) is 31.5. The molecule has 0 aliphatic carbocycles. The highest BCUT2D eigenvalue weighted by Gasteiger charge is 2.24. The van der Waals surface area contributed by atoms with Crippen molar-refractivity contribution >= 4 is 5.91 Å². The van der Waals surface area contributed by atoms with E-state index in [4.69, 9.17) is 9.47 Å². The Morgan fingerprint density at radius 3 is 2.52 bits per heavy atom. The van der Waals surface area contributed by atoms with E-state index >= 15 is 0 Å². The van der Waals surface area contributed by atoms with Gasteiger partial charge in [-0.2, -0.15) is 0 Å². The highest BCUT2D eigenvalue weighted by molar-refractivity contribution is 5.92. The van der Waals surface area contributed by atoms with Gasteiger partial charge in [-0.25, -0.2) is 4.98 Å². The molecule has 0 saturated carbocycles. The van der Waals surface area contributed by atoms with Crippen molar-refractivity contribution in [2.75, 3.05) is 26.8 Å². The van der Waals surface area contributed by atoms with Gasteiger partial charge >= 0.3 is 0 Å². The van der Waals surface area contributed by atoms with E-state index in [2.05, 4.69) is 9.97 Å². The van der Waals surface area contributed by atoms with Gasteiger partial charge in [0.05, 0.1) is 19.9 Å². The number of methoxy groups -OCH3 is 1. The van der Waals surface area contributed by atoms with E-state index in [-0.39, 0.29) is 17.2 Å². The number of ether oxygens (including phenoxy) is 2. The number of aromatic nitrogens is 2. The summed E-state index contributed by atoms with van der Waals surface area (Å²) >= 11 is 0. The number of H-pyrrole nitrogens is 1. The number of likely N-dealkylation sites (tertiary alicyclic amines) is 1. The fourth-order valence-corrected chi connectivity index (χ4v) is 2.81. The lowest BCUT2D eigenvalue weighted by molar-refractivity contribution is 0.0654. The molecule has 1 aliphatic heterocycles. The number of rotatable bonds is 5. The minimum absolute atomic E-state index is 0.147. The Kier molecular flexibility index (Phi) is 5.33. The molecule has 1 aromatic carbocycles. The second kappa shape index (κ2) is 7.83. The van der Waals surface area contributed by atoms with Crippen molar-refractivity contribution in [3.63, 3.8) is 0 Å². The van der Waals surface area contributed by atoms with Crippen molar-refractivity contribution in [2.24, 2.45) is 5.92 Å². The maximum Gasteiger partial charge on any atom is 0.273 e. The van der Waals surface area contributed by atoms with E-state index in [1.165, 1.54) is 6.20 Å². The quantitative estimate of drug-likeness (QED) is 0.893. The monoisotopic (exact) mass is 343 g/mol. The Balaban J connectivity index is 1.47. The van der Waals surface area contributed by atoms with Gasteiger partial charge in [0.15, 0.2) is 0 Å². The fraction of sp³-hybridized carbons (Fsp3) is 0.389. The van der Waals surface area contributed by atoms with E-state index < -0.39 is 0 Å². The number of benzene rings is 1. The number of nitrogens with zero attached hydrogens (tertiary/aromatic N) is 2. The van der Waals surface area contributed by atoms with Crippen LogP contribution in [0.4, 0.5) is 0 Å². The first kappa shape index (κ1) is 17.0. The van der Waals surface area contributed by atoms with Crippen LogP contribution in [0.15, 0.2) is 41.5 Å². The van der Waals surface area contributed by atoms with E-state index in [0.717, 1.165) is 30.5 Å². The lowest BCUT2D eigenvalue weighted by Gasteiger charge is -2.31. The molecule has 2 heterocycles. The molecule has 0 bridgehead atoms.